The summed E-state index contributed by atoms with van der Waals surface area (Å²) in [7, 11) is 0. The van der Waals surface area contributed by atoms with E-state index in [0.717, 1.165) is 18.2 Å². The maximum Gasteiger partial charge on any atom is 0.0184 e. The van der Waals surface area contributed by atoms with Crippen LogP contribution in [0.4, 0.5) is 0 Å². The molecule has 0 bridgehead atoms. The van der Waals surface area contributed by atoms with Gasteiger partial charge in [-0.3, -0.25) is 4.90 Å². The van der Waals surface area contributed by atoms with Crippen LogP contribution >= 0.6 is 11.8 Å². The third-order valence-electron chi connectivity index (χ3n) is 3.06. The highest BCUT2D eigenvalue weighted by Crippen LogP contribution is 2.24. The Hall–Kier alpha value is 0.270. The predicted molar refractivity (Wildman–Crippen MR) is 65.8 cm³/mol. The highest BCUT2D eigenvalue weighted by molar-refractivity contribution is 8.00. The van der Waals surface area contributed by atoms with Crippen molar-refractivity contribution in [2.24, 2.45) is 5.73 Å². The molecular formula is C11H24N2S. The topological polar surface area (TPSA) is 29.3 Å². The van der Waals surface area contributed by atoms with Crippen LogP contribution in [0.5, 0.6) is 0 Å². The Morgan fingerprint density at radius 1 is 1.43 bits per heavy atom. The lowest BCUT2D eigenvalue weighted by molar-refractivity contribution is 0.196. The van der Waals surface area contributed by atoms with Crippen molar-refractivity contribution >= 4 is 11.8 Å². The molecule has 1 heterocycles. The number of thioether (sulfide) groups is 1. The van der Waals surface area contributed by atoms with Gasteiger partial charge >= 0.3 is 0 Å². The van der Waals surface area contributed by atoms with E-state index in [0.29, 0.717) is 6.04 Å². The summed E-state index contributed by atoms with van der Waals surface area (Å²) in [5.74, 6) is 1.27. The van der Waals surface area contributed by atoms with Gasteiger partial charge in [0.2, 0.25) is 0 Å². The van der Waals surface area contributed by atoms with E-state index in [1.54, 1.807) is 0 Å². The molecule has 2 atom stereocenters. The molecule has 1 aliphatic rings. The summed E-state index contributed by atoms with van der Waals surface area (Å²) < 4.78 is 0. The smallest absolute Gasteiger partial charge is 0.0184 e. The Bertz CT molecular complexity index is 177. The van der Waals surface area contributed by atoms with Crippen molar-refractivity contribution in [3.05, 3.63) is 0 Å². The number of hydrogen-bond donors (Lipinski definition) is 1. The minimum atomic E-state index is -0.0203. The highest BCUT2D eigenvalue weighted by Gasteiger charge is 2.25. The number of nitrogens with zero attached hydrogens (tertiary/aromatic N) is 1. The molecule has 1 rings (SSSR count). The molecule has 2 nitrogen and oxygen atoms in total. The summed E-state index contributed by atoms with van der Waals surface area (Å²) in [5.41, 5.74) is 5.98. The minimum Gasteiger partial charge on any atom is -0.326 e. The summed E-state index contributed by atoms with van der Waals surface area (Å²) >= 11 is 2.09. The summed E-state index contributed by atoms with van der Waals surface area (Å²) in [6, 6.07) is 0.705. The summed E-state index contributed by atoms with van der Waals surface area (Å²) in [5, 5.41) is 0.768. The molecular weight excluding hydrogens is 192 g/mol. The first-order valence-electron chi connectivity index (χ1n) is 5.55. The zero-order valence-electron chi connectivity index (χ0n) is 9.92. The normalized spacial score (nSPS) is 30.6. The first-order chi connectivity index (χ1) is 6.40. The maximum atomic E-state index is 6.00. The van der Waals surface area contributed by atoms with Crippen LogP contribution in [0.2, 0.25) is 0 Å². The van der Waals surface area contributed by atoms with E-state index >= 15 is 0 Å². The van der Waals surface area contributed by atoms with Crippen LogP contribution in [-0.2, 0) is 0 Å². The van der Waals surface area contributed by atoms with Gasteiger partial charge in [0.1, 0.15) is 0 Å². The molecule has 0 aliphatic carbocycles. The van der Waals surface area contributed by atoms with Crippen LogP contribution in [0.25, 0.3) is 0 Å². The average molecular weight is 216 g/mol. The van der Waals surface area contributed by atoms with Gasteiger partial charge in [-0.1, -0.05) is 6.92 Å². The molecule has 1 fully saturated rings. The van der Waals surface area contributed by atoms with Gasteiger partial charge in [-0.05, 0) is 27.2 Å². The van der Waals surface area contributed by atoms with E-state index in [-0.39, 0.29) is 5.54 Å². The van der Waals surface area contributed by atoms with Crippen molar-refractivity contribution in [3.8, 4) is 0 Å². The van der Waals surface area contributed by atoms with Crippen LogP contribution in [0.3, 0.4) is 0 Å². The van der Waals surface area contributed by atoms with Crippen molar-refractivity contribution < 1.29 is 0 Å². The lowest BCUT2D eigenvalue weighted by Crippen LogP contribution is -2.47. The van der Waals surface area contributed by atoms with Gasteiger partial charge in [0.15, 0.2) is 0 Å². The molecule has 0 aromatic heterocycles. The van der Waals surface area contributed by atoms with E-state index in [2.05, 4.69) is 44.4 Å². The van der Waals surface area contributed by atoms with Gasteiger partial charge in [-0.2, -0.15) is 11.8 Å². The molecule has 0 saturated carbocycles. The van der Waals surface area contributed by atoms with Gasteiger partial charge in [0, 0.05) is 35.7 Å². The molecule has 14 heavy (non-hydrogen) atoms. The monoisotopic (exact) mass is 216 g/mol. The Balaban J connectivity index is 2.36. The van der Waals surface area contributed by atoms with E-state index in [4.69, 9.17) is 5.73 Å². The van der Waals surface area contributed by atoms with Crippen molar-refractivity contribution in [1.29, 1.82) is 0 Å². The Morgan fingerprint density at radius 2 is 2.07 bits per heavy atom. The van der Waals surface area contributed by atoms with Crippen molar-refractivity contribution in [2.75, 3.05) is 18.8 Å². The molecule has 0 spiro atoms. The molecule has 1 aliphatic heterocycles. The molecule has 0 radical (unpaired) electrons. The Labute approximate surface area is 92.6 Å². The van der Waals surface area contributed by atoms with E-state index in [1.807, 2.05) is 0 Å². The van der Waals surface area contributed by atoms with Crippen LogP contribution < -0.4 is 5.73 Å². The summed E-state index contributed by atoms with van der Waals surface area (Å²) in [6.07, 6.45) is 1.09. The Kier molecular flexibility index (Phi) is 4.29. The van der Waals surface area contributed by atoms with E-state index < -0.39 is 0 Å². The van der Waals surface area contributed by atoms with E-state index in [1.165, 1.54) is 12.3 Å². The lowest BCUT2D eigenvalue weighted by atomic mass is 10.0. The zero-order valence-corrected chi connectivity index (χ0v) is 10.7. The van der Waals surface area contributed by atoms with Crippen molar-refractivity contribution in [1.82, 2.24) is 4.90 Å². The fourth-order valence-electron chi connectivity index (χ4n) is 1.74. The first-order valence-corrected chi connectivity index (χ1v) is 6.59. The Morgan fingerprint density at radius 3 is 2.64 bits per heavy atom. The van der Waals surface area contributed by atoms with Gasteiger partial charge < -0.3 is 5.73 Å². The van der Waals surface area contributed by atoms with Crippen molar-refractivity contribution in [3.63, 3.8) is 0 Å². The van der Waals surface area contributed by atoms with E-state index in [9.17, 15) is 0 Å². The molecule has 0 aromatic rings. The highest BCUT2D eigenvalue weighted by atomic mass is 32.2. The van der Waals surface area contributed by atoms with Crippen molar-refractivity contribution in [2.45, 2.75) is 50.9 Å². The zero-order chi connectivity index (χ0) is 10.8. The largest absolute Gasteiger partial charge is 0.326 e. The number of rotatable bonds is 3. The summed E-state index contributed by atoms with van der Waals surface area (Å²) in [6.45, 7) is 11.3. The second kappa shape index (κ2) is 4.86. The van der Waals surface area contributed by atoms with Gasteiger partial charge in [0.25, 0.3) is 0 Å². The third kappa shape index (κ3) is 3.79. The standard InChI is InChI=1S/C11H24N2S/c1-9-10(2)14-8-7-13(9)6-5-11(3,4)12/h9-10H,5-8,12H2,1-4H3. The first kappa shape index (κ1) is 12.3. The van der Waals surface area contributed by atoms with Crippen LogP contribution in [-0.4, -0.2) is 40.6 Å². The van der Waals surface area contributed by atoms with Crippen LogP contribution in [0.15, 0.2) is 0 Å². The van der Waals surface area contributed by atoms with Gasteiger partial charge in [0.05, 0.1) is 0 Å². The SMILES string of the molecule is CC1SCCN(CCC(C)(C)N)C1C. The maximum absolute atomic E-state index is 6.00. The second-order valence-electron chi connectivity index (χ2n) is 5.09. The molecule has 2 unspecified atom stereocenters. The predicted octanol–water partition coefficient (Wildman–Crippen LogP) is 1.94. The molecule has 2 N–H and O–H groups in total. The third-order valence-corrected chi connectivity index (χ3v) is 4.40. The molecule has 0 aromatic carbocycles. The average Bonchev–Trinajstić information content (AvgIpc) is 2.06. The summed E-state index contributed by atoms with van der Waals surface area (Å²) in [4.78, 5) is 2.58. The fourth-order valence-corrected chi connectivity index (χ4v) is 2.91. The molecule has 84 valence electrons. The quantitative estimate of drug-likeness (QED) is 0.782. The molecule has 1 saturated heterocycles. The van der Waals surface area contributed by atoms with Crippen LogP contribution in [0.1, 0.15) is 34.1 Å². The minimum absolute atomic E-state index is 0.0203. The number of hydrogen-bond acceptors (Lipinski definition) is 3. The van der Waals surface area contributed by atoms with Gasteiger partial charge in [-0.15, -0.1) is 0 Å². The fraction of sp³-hybridized carbons (Fsp3) is 1.00. The van der Waals surface area contributed by atoms with Gasteiger partial charge in [-0.25, -0.2) is 0 Å². The lowest BCUT2D eigenvalue weighted by Gasteiger charge is -2.38. The second-order valence-corrected chi connectivity index (χ2v) is 6.58. The molecule has 3 heteroatoms. The van der Waals surface area contributed by atoms with Crippen LogP contribution in [0, 0.1) is 0 Å². The number of nitrogens with two attached hydrogens (primary N) is 1. The molecule has 0 amide bonds.